The van der Waals surface area contributed by atoms with Gasteiger partial charge in [0.25, 0.3) is 0 Å². The summed E-state index contributed by atoms with van der Waals surface area (Å²) in [6, 6.07) is 10.4. The molecule has 1 saturated heterocycles. The van der Waals surface area contributed by atoms with E-state index >= 15 is 4.39 Å². The number of fused-ring (bicyclic) bond motifs is 1. The van der Waals surface area contributed by atoms with Crippen LogP contribution in [-0.2, 0) is 22.1 Å². The molecule has 0 aliphatic carbocycles. The SMILES string of the molecule is CC1CN(C(=O)O)CCC1(F)c1ccc(Cn2ccc3cc(S(C)(=O)=O)ccc32)nc1. The molecule has 1 fully saturated rings. The minimum atomic E-state index is -3.27. The molecule has 1 amide bonds. The molecule has 7 nitrogen and oxygen atoms in total. The van der Waals surface area contributed by atoms with E-state index in [0.29, 0.717) is 12.1 Å². The van der Waals surface area contributed by atoms with E-state index in [0.717, 1.165) is 16.6 Å². The third-order valence-corrected chi connectivity index (χ3v) is 7.21. The van der Waals surface area contributed by atoms with Crippen LogP contribution < -0.4 is 0 Å². The Bertz CT molecular complexity index is 1240. The summed E-state index contributed by atoms with van der Waals surface area (Å²) in [5, 5.41) is 9.97. The zero-order chi connectivity index (χ0) is 22.4. The molecule has 4 rings (SSSR count). The average molecular weight is 446 g/mol. The lowest BCUT2D eigenvalue weighted by Crippen LogP contribution is -2.48. The van der Waals surface area contributed by atoms with E-state index in [1.54, 1.807) is 37.3 Å². The topological polar surface area (TPSA) is 92.5 Å². The van der Waals surface area contributed by atoms with Gasteiger partial charge in [-0.1, -0.05) is 13.0 Å². The fourth-order valence-corrected chi connectivity index (χ4v) is 4.85. The molecule has 31 heavy (non-hydrogen) atoms. The number of amides is 1. The number of piperidine rings is 1. The number of rotatable bonds is 4. The van der Waals surface area contributed by atoms with Gasteiger partial charge in [-0.25, -0.2) is 17.6 Å². The molecule has 2 unspecified atom stereocenters. The van der Waals surface area contributed by atoms with E-state index in [-0.39, 0.29) is 24.4 Å². The Morgan fingerprint density at radius 1 is 1.29 bits per heavy atom. The van der Waals surface area contributed by atoms with Gasteiger partial charge in [0.05, 0.1) is 17.1 Å². The highest BCUT2D eigenvalue weighted by Gasteiger charge is 2.43. The lowest BCUT2D eigenvalue weighted by atomic mass is 9.79. The Morgan fingerprint density at radius 3 is 2.68 bits per heavy atom. The third-order valence-electron chi connectivity index (χ3n) is 6.10. The second kappa shape index (κ2) is 7.64. The Morgan fingerprint density at radius 2 is 2.06 bits per heavy atom. The van der Waals surface area contributed by atoms with Crippen molar-refractivity contribution < 1.29 is 22.7 Å². The summed E-state index contributed by atoms with van der Waals surface area (Å²) < 4.78 is 41.1. The maximum absolute atomic E-state index is 15.7. The molecule has 2 atom stereocenters. The molecular formula is C22H24FN3O4S. The Balaban J connectivity index is 1.53. The first-order valence-electron chi connectivity index (χ1n) is 9.99. The number of alkyl halides is 1. The van der Waals surface area contributed by atoms with Crippen LogP contribution in [0.25, 0.3) is 10.9 Å². The summed E-state index contributed by atoms with van der Waals surface area (Å²) in [6.07, 6.45) is 3.67. The van der Waals surface area contributed by atoms with Gasteiger partial charge in [0.2, 0.25) is 0 Å². The minimum Gasteiger partial charge on any atom is -0.465 e. The van der Waals surface area contributed by atoms with Gasteiger partial charge in [0.1, 0.15) is 5.67 Å². The predicted molar refractivity (Wildman–Crippen MR) is 115 cm³/mol. The van der Waals surface area contributed by atoms with Crippen molar-refractivity contribution in [3.8, 4) is 0 Å². The number of sulfone groups is 1. The van der Waals surface area contributed by atoms with Crippen LogP contribution in [0, 0.1) is 5.92 Å². The molecule has 0 radical (unpaired) electrons. The number of halogens is 1. The maximum atomic E-state index is 15.7. The van der Waals surface area contributed by atoms with Gasteiger partial charge in [-0.05, 0) is 30.3 Å². The van der Waals surface area contributed by atoms with Crippen LogP contribution in [0.2, 0.25) is 0 Å². The van der Waals surface area contributed by atoms with E-state index in [9.17, 15) is 13.2 Å². The first-order chi connectivity index (χ1) is 14.6. The van der Waals surface area contributed by atoms with Gasteiger partial charge >= 0.3 is 6.09 Å². The van der Waals surface area contributed by atoms with E-state index in [4.69, 9.17) is 5.11 Å². The molecular weight excluding hydrogens is 421 g/mol. The van der Waals surface area contributed by atoms with Crippen LogP contribution in [0.5, 0.6) is 0 Å². The fraction of sp³-hybridized carbons (Fsp3) is 0.364. The Labute approximate surface area is 180 Å². The lowest BCUT2D eigenvalue weighted by Gasteiger charge is -2.40. The number of carbonyl (C=O) groups is 1. The van der Waals surface area contributed by atoms with Crippen molar-refractivity contribution in [2.24, 2.45) is 5.92 Å². The fourth-order valence-electron chi connectivity index (χ4n) is 4.20. The molecule has 3 heterocycles. The van der Waals surface area contributed by atoms with Crippen LogP contribution in [0.4, 0.5) is 9.18 Å². The number of benzene rings is 1. The maximum Gasteiger partial charge on any atom is 0.407 e. The molecule has 0 saturated carbocycles. The smallest absolute Gasteiger partial charge is 0.407 e. The number of hydrogen-bond donors (Lipinski definition) is 1. The molecule has 1 aromatic carbocycles. The summed E-state index contributed by atoms with van der Waals surface area (Å²) >= 11 is 0. The number of aromatic nitrogens is 2. The standard InChI is InChI=1S/C22H24FN3O4S/c1-15-13-26(21(27)28)10-8-22(15,23)17-3-4-18(24-12-17)14-25-9-7-16-11-19(31(2,29)30)5-6-20(16)25/h3-7,9,11-12,15H,8,10,13-14H2,1-2H3,(H,27,28). The molecule has 2 aromatic heterocycles. The Hall–Kier alpha value is -2.94. The number of pyridine rings is 1. The quantitative estimate of drug-likeness (QED) is 0.661. The zero-order valence-electron chi connectivity index (χ0n) is 17.3. The highest BCUT2D eigenvalue weighted by Crippen LogP contribution is 2.41. The van der Waals surface area contributed by atoms with Gasteiger partial charge in [0, 0.05) is 60.5 Å². The second-order valence-corrected chi connectivity index (χ2v) is 10.2. The van der Waals surface area contributed by atoms with Gasteiger partial charge in [-0.15, -0.1) is 0 Å². The molecule has 0 spiro atoms. The van der Waals surface area contributed by atoms with Crippen molar-refractivity contribution in [3.63, 3.8) is 0 Å². The van der Waals surface area contributed by atoms with Gasteiger partial charge < -0.3 is 14.6 Å². The van der Waals surface area contributed by atoms with E-state index in [2.05, 4.69) is 4.98 Å². The van der Waals surface area contributed by atoms with Gasteiger partial charge in [-0.3, -0.25) is 4.98 Å². The zero-order valence-corrected chi connectivity index (χ0v) is 18.1. The van der Waals surface area contributed by atoms with Crippen molar-refractivity contribution >= 4 is 26.8 Å². The Kier molecular flexibility index (Phi) is 5.25. The van der Waals surface area contributed by atoms with Crippen LogP contribution in [-0.4, -0.2) is 53.4 Å². The van der Waals surface area contributed by atoms with Crippen LogP contribution in [0.15, 0.2) is 53.7 Å². The monoisotopic (exact) mass is 445 g/mol. The largest absolute Gasteiger partial charge is 0.465 e. The first-order valence-corrected chi connectivity index (χ1v) is 11.9. The van der Waals surface area contributed by atoms with E-state index in [1.807, 2.05) is 16.8 Å². The number of carboxylic acid groups (broad SMARTS) is 1. The van der Waals surface area contributed by atoms with Crippen molar-refractivity contribution in [2.45, 2.75) is 30.5 Å². The molecule has 9 heteroatoms. The number of likely N-dealkylation sites (tertiary alicyclic amines) is 1. The van der Waals surface area contributed by atoms with E-state index < -0.39 is 27.5 Å². The van der Waals surface area contributed by atoms with Crippen molar-refractivity contribution in [1.82, 2.24) is 14.5 Å². The van der Waals surface area contributed by atoms with Gasteiger partial charge in [-0.2, -0.15) is 0 Å². The van der Waals surface area contributed by atoms with Crippen molar-refractivity contribution in [2.75, 3.05) is 19.3 Å². The highest BCUT2D eigenvalue weighted by atomic mass is 32.2. The van der Waals surface area contributed by atoms with E-state index in [1.165, 1.54) is 17.4 Å². The van der Waals surface area contributed by atoms with Crippen LogP contribution >= 0.6 is 0 Å². The van der Waals surface area contributed by atoms with Crippen molar-refractivity contribution in [1.29, 1.82) is 0 Å². The summed E-state index contributed by atoms with van der Waals surface area (Å²) in [5.74, 6) is -0.470. The molecule has 1 N–H and O–H groups in total. The normalized spacial score (nSPS) is 22.0. The lowest BCUT2D eigenvalue weighted by molar-refractivity contribution is 0.00625. The molecule has 164 valence electrons. The predicted octanol–water partition coefficient (Wildman–Crippen LogP) is 3.67. The molecule has 1 aliphatic heterocycles. The summed E-state index contributed by atoms with van der Waals surface area (Å²) in [4.78, 5) is 17.1. The van der Waals surface area contributed by atoms with Crippen LogP contribution in [0.3, 0.4) is 0 Å². The second-order valence-electron chi connectivity index (χ2n) is 8.22. The molecule has 1 aliphatic rings. The third kappa shape index (κ3) is 4.01. The number of nitrogens with zero attached hydrogens (tertiary/aromatic N) is 3. The van der Waals surface area contributed by atoms with Gasteiger partial charge in [0.15, 0.2) is 9.84 Å². The first kappa shape index (κ1) is 21.3. The average Bonchev–Trinajstić information content (AvgIpc) is 3.12. The summed E-state index contributed by atoms with van der Waals surface area (Å²) in [5.41, 5.74) is 0.478. The molecule has 0 bridgehead atoms. The van der Waals surface area contributed by atoms with Crippen LogP contribution in [0.1, 0.15) is 24.6 Å². The number of hydrogen-bond acceptors (Lipinski definition) is 4. The molecule has 3 aromatic rings. The minimum absolute atomic E-state index is 0.104. The highest BCUT2D eigenvalue weighted by molar-refractivity contribution is 7.90. The summed E-state index contributed by atoms with van der Waals surface area (Å²) in [6.45, 7) is 2.49. The van der Waals surface area contributed by atoms with Crippen molar-refractivity contribution in [3.05, 3.63) is 60.0 Å². The summed E-state index contributed by atoms with van der Waals surface area (Å²) in [7, 11) is -3.27.